The minimum Gasteiger partial charge on any atom is -0.310 e. The van der Waals surface area contributed by atoms with E-state index in [0.717, 1.165) is 17.1 Å². The number of rotatable bonds is 7. The highest BCUT2D eigenvalue weighted by Gasteiger charge is 2.47. The van der Waals surface area contributed by atoms with E-state index in [1.807, 2.05) is 0 Å². The third kappa shape index (κ3) is 5.23. The van der Waals surface area contributed by atoms with Gasteiger partial charge >= 0.3 is 0 Å². The van der Waals surface area contributed by atoms with Crippen LogP contribution in [0.4, 0.5) is 17.1 Å². The van der Waals surface area contributed by atoms with Gasteiger partial charge in [-0.2, -0.15) is 0 Å². The van der Waals surface area contributed by atoms with E-state index in [1.165, 1.54) is 89.0 Å². The number of hydrogen-bond acceptors (Lipinski definition) is 1. The molecule has 0 bridgehead atoms. The molecule has 0 radical (unpaired) electrons. The second kappa shape index (κ2) is 14.5. The third-order valence-corrected chi connectivity index (χ3v) is 15.3. The first kappa shape index (κ1) is 38.5. The van der Waals surface area contributed by atoms with Gasteiger partial charge in [0.2, 0.25) is 0 Å². The summed E-state index contributed by atoms with van der Waals surface area (Å²) in [5, 5.41) is 0. The molecule has 0 aromatic heterocycles. The molecule has 0 unspecified atom stereocenters. The maximum atomic E-state index is 2.46. The topological polar surface area (TPSA) is 3.24 Å². The molecule has 1 heteroatoms. The summed E-state index contributed by atoms with van der Waals surface area (Å²) in [7, 11) is 0. The smallest absolute Gasteiger partial charge is 0.0713 e. The Balaban J connectivity index is 1.01. The van der Waals surface area contributed by atoms with Crippen LogP contribution in [0.2, 0.25) is 0 Å². The van der Waals surface area contributed by atoms with Gasteiger partial charge in [-0.1, -0.05) is 226 Å². The van der Waals surface area contributed by atoms with E-state index in [9.17, 15) is 0 Å². The van der Waals surface area contributed by atoms with E-state index in [1.54, 1.807) is 0 Å². The van der Waals surface area contributed by atoms with Crippen LogP contribution in [-0.4, -0.2) is 0 Å². The van der Waals surface area contributed by atoms with Crippen molar-refractivity contribution in [2.75, 3.05) is 4.90 Å². The second-order valence-electron chi connectivity index (χ2n) is 18.7. The summed E-state index contributed by atoms with van der Waals surface area (Å²) in [5.74, 6) is 0. The molecule has 1 nitrogen and oxygen atoms in total. The summed E-state index contributed by atoms with van der Waals surface area (Å²) in [6.07, 6.45) is 0. The van der Waals surface area contributed by atoms with Crippen LogP contribution in [-0.2, 0) is 16.2 Å². The quantitative estimate of drug-likeness (QED) is 0.155. The minimum atomic E-state index is -0.470. The molecule has 0 spiro atoms. The minimum absolute atomic E-state index is 0.0855. The van der Waals surface area contributed by atoms with Crippen LogP contribution in [0.25, 0.3) is 33.4 Å². The Bertz CT molecular complexity index is 3220. The molecule has 3 aliphatic carbocycles. The molecular formula is C65H47N. The number of fused-ring (bicyclic) bond motifs is 9. The van der Waals surface area contributed by atoms with E-state index in [-0.39, 0.29) is 5.41 Å². The Labute approximate surface area is 388 Å². The fourth-order valence-electron chi connectivity index (χ4n) is 12.4. The Hall–Kier alpha value is -8.00. The zero-order chi connectivity index (χ0) is 44.0. The van der Waals surface area contributed by atoms with Crippen molar-refractivity contribution in [1.29, 1.82) is 0 Å². The lowest BCUT2D eigenvalue weighted by Crippen LogP contribution is -2.28. The van der Waals surface area contributed by atoms with Crippen LogP contribution in [0, 0.1) is 0 Å². The van der Waals surface area contributed by atoms with Gasteiger partial charge < -0.3 is 4.90 Å². The van der Waals surface area contributed by atoms with Gasteiger partial charge in [0.1, 0.15) is 0 Å². The molecule has 10 aromatic rings. The molecule has 0 saturated carbocycles. The number of hydrogen-bond donors (Lipinski definition) is 0. The van der Waals surface area contributed by atoms with Crippen molar-refractivity contribution in [2.45, 2.75) is 30.1 Å². The SMILES string of the molecule is CC1(C)c2ccccc2-c2cc(N(c3ccc(C4(c5ccccc5)c5ccccc5-c5ccccc54)cc3)c3ccc(C4(c5ccccc5)c5ccccc5-c5ccccc54)cc3)ccc21. The highest BCUT2D eigenvalue weighted by Crippen LogP contribution is 2.58. The van der Waals surface area contributed by atoms with Gasteiger partial charge in [-0.15, -0.1) is 0 Å². The van der Waals surface area contributed by atoms with Crippen LogP contribution < -0.4 is 4.90 Å². The Morgan fingerprint density at radius 1 is 0.242 bits per heavy atom. The summed E-state index contributed by atoms with van der Waals surface area (Å²) in [5.41, 5.74) is 23.2. The number of anilines is 3. The van der Waals surface area contributed by atoms with Gasteiger partial charge in [-0.3, -0.25) is 0 Å². The van der Waals surface area contributed by atoms with Gasteiger partial charge in [0.05, 0.1) is 10.8 Å². The molecule has 0 fully saturated rings. The van der Waals surface area contributed by atoms with Crippen molar-refractivity contribution < 1.29 is 0 Å². The molecule has 66 heavy (non-hydrogen) atoms. The predicted molar refractivity (Wildman–Crippen MR) is 273 cm³/mol. The molecule has 312 valence electrons. The molecule has 13 rings (SSSR count). The zero-order valence-electron chi connectivity index (χ0n) is 37.1. The molecule has 0 saturated heterocycles. The summed E-state index contributed by atoms with van der Waals surface area (Å²) in [4.78, 5) is 2.46. The van der Waals surface area contributed by atoms with E-state index < -0.39 is 10.8 Å². The van der Waals surface area contributed by atoms with Crippen LogP contribution >= 0.6 is 0 Å². The third-order valence-electron chi connectivity index (χ3n) is 15.3. The zero-order valence-corrected chi connectivity index (χ0v) is 37.1. The molecule has 3 aliphatic rings. The van der Waals surface area contributed by atoms with Gasteiger partial charge in [0, 0.05) is 22.5 Å². The van der Waals surface area contributed by atoms with Crippen molar-refractivity contribution in [1.82, 2.24) is 0 Å². The monoisotopic (exact) mass is 841 g/mol. The van der Waals surface area contributed by atoms with Crippen LogP contribution in [0.1, 0.15) is 69.5 Å². The van der Waals surface area contributed by atoms with Crippen molar-refractivity contribution in [2.24, 2.45) is 0 Å². The first-order chi connectivity index (χ1) is 32.5. The van der Waals surface area contributed by atoms with Crippen molar-refractivity contribution in [3.05, 3.63) is 304 Å². The first-order valence-electron chi connectivity index (χ1n) is 23.3. The number of benzene rings is 10. The molecular weight excluding hydrogens is 795 g/mol. The van der Waals surface area contributed by atoms with Gasteiger partial charge in [-0.05, 0) is 125 Å². The highest BCUT2D eigenvalue weighted by molar-refractivity contribution is 5.90. The first-order valence-corrected chi connectivity index (χ1v) is 23.3. The standard InChI is InChI=1S/C65H47N/c1-63(2)57-28-14-9-27-55(57)56-43-50(41-42-58(56)63)66(48-37-33-46(34-38-48)64(44-19-5-3-6-20-44)59-29-15-10-23-51(59)52-24-11-16-30-60(52)64)49-39-35-47(36-40-49)65(45-21-7-4-8-22-45)61-31-17-12-25-53(61)54-26-13-18-32-62(54)65/h3-43H,1-2H3. The van der Waals surface area contributed by atoms with Crippen molar-refractivity contribution in [3.8, 4) is 33.4 Å². The molecule has 0 aliphatic heterocycles. The lowest BCUT2D eigenvalue weighted by atomic mass is 9.67. The van der Waals surface area contributed by atoms with Gasteiger partial charge in [0.25, 0.3) is 0 Å². The normalized spacial score (nSPS) is 14.9. The maximum absolute atomic E-state index is 2.46. The highest BCUT2D eigenvalue weighted by atomic mass is 15.1. The van der Waals surface area contributed by atoms with E-state index in [4.69, 9.17) is 0 Å². The largest absolute Gasteiger partial charge is 0.310 e. The summed E-state index contributed by atoms with van der Waals surface area (Å²) in [6.45, 7) is 4.71. The lowest BCUT2D eigenvalue weighted by Gasteiger charge is -2.35. The second-order valence-corrected chi connectivity index (χ2v) is 18.7. The van der Waals surface area contributed by atoms with Crippen LogP contribution in [0.3, 0.4) is 0 Å². The van der Waals surface area contributed by atoms with Crippen molar-refractivity contribution >= 4 is 17.1 Å². The van der Waals surface area contributed by atoms with E-state index >= 15 is 0 Å². The van der Waals surface area contributed by atoms with Crippen molar-refractivity contribution in [3.63, 3.8) is 0 Å². The summed E-state index contributed by atoms with van der Waals surface area (Å²) in [6, 6.07) is 93.1. The molecule has 0 heterocycles. The summed E-state index contributed by atoms with van der Waals surface area (Å²) < 4.78 is 0. The van der Waals surface area contributed by atoms with E-state index in [0.29, 0.717) is 0 Å². The molecule has 10 aromatic carbocycles. The van der Waals surface area contributed by atoms with Gasteiger partial charge in [0.15, 0.2) is 0 Å². The molecule has 0 atom stereocenters. The maximum Gasteiger partial charge on any atom is 0.0713 e. The Morgan fingerprint density at radius 2 is 0.530 bits per heavy atom. The fourth-order valence-corrected chi connectivity index (χ4v) is 12.4. The van der Waals surface area contributed by atoms with Crippen LogP contribution in [0.5, 0.6) is 0 Å². The predicted octanol–water partition coefficient (Wildman–Crippen LogP) is 16.2. The lowest BCUT2D eigenvalue weighted by molar-refractivity contribution is 0.660. The average Bonchev–Trinajstić information content (AvgIpc) is 3.95. The average molecular weight is 842 g/mol. The van der Waals surface area contributed by atoms with Crippen LogP contribution in [0.15, 0.2) is 249 Å². The molecule has 0 amide bonds. The number of nitrogens with zero attached hydrogens (tertiary/aromatic N) is 1. The fraction of sp³-hybridized carbons (Fsp3) is 0.0769. The van der Waals surface area contributed by atoms with E-state index in [2.05, 4.69) is 267 Å². The Kier molecular flexibility index (Phi) is 8.45. The van der Waals surface area contributed by atoms with Gasteiger partial charge in [-0.25, -0.2) is 0 Å². The summed E-state index contributed by atoms with van der Waals surface area (Å²) >= 11 is 0. The Morgan fingerprint density at radius 3 is 0.924 bits per heavy atom. The molecule has 0 N–H and O–H groups in total.